The van der Waals surface area contributed by atoms with E-state index >= 15 is 0 Å². The van der Waals surface area contributed by atoms with Crippen LogP contribution in [0.3, 0.4) is 0 Å². The predicted octanol–water partition coefficient (Wildman–Crippen LogP) is 2.41. The Kier molecular flexibility index (Phi) is 6.71. The fourth-order valence-corrected chi connectivity index (χ4v) is 3.08. The van der Waals surface area contributed by atoms with Crippen LogP contribution in [0.2, 0.25) is 0 Å². The number of nitrogens with zero attached hydrogens (tertiary/aromatic N) is 2. The Bertz CT molecular complexity index is 492. The van der Waals surface area contributed by atoms with Gasteiger partial charge in [0, 0.05) is 19.6 Å². The molecule has 0 saturated heterocycles. The smallest absolute Gasteiger partial charge is 0.191 e. The average Bonchev–Trinajstić information content (AvgIpc) is 3.07. The second kappa shape index (κ2) is 8.77. The van der Waals surface area contributed by atoms with E-state index in [1.807, 2.05) is 19.2 Å². The van der Waals surface area contributed by atoms with Crippen molar-refractivity contribution < 1.29 is 4.74 Å². The molecule has 1 aliphatic rings. The summed E-state index contributed by atoms with van der Waals surface area (Å²) in [6.07, 6.45) is 5.13. The van der Waals surface area contributed by atoms with Gasteiger partial charge in [0.05, 0.1) is 13.2 Å². The number of rotatable bonds is 6. The molecule has 0 heterocycles. The molecule has 128 valence electrons. The van der Waals surface area contributed by atoms with Crippen LogP contribution in [0.5, 0.6) is 5.75 Å². The number of aliphatic imine (C=N–C) groups is 1. The van der Waals surface area contributed by atoms with Gasteiger partial charge in [-0.15, -0.1) is 0 Å². The molecular formula is C18H30N4O. The Morgan fingerprint density at radius 1 is 1.26 bits per heavy atom. The highest BCUT2D eigenvalue weighted by Crippen LogP contribution is 2.21. The van der Waals surface area contributed by atoms with Gasteiger partial charge in [0.1, 0.15) is 5.75 Å². The van der Waals surface area contributed by atoms with Crippen molar-refractivity contribution in [2.75, 3.05) is 34.8 Å². The molecule has 1 unspecified atom stereocenters. The van der Waals surface area contributed by atoms with E-state index in [0.29, 0.717) is 6.04 Å². The summed E-state index contributed by atoms with van der Waals surface area (Å²) in [6.45, 7) is 0.811. The highest BCUT2D eigenvalue weighted by Gasteiger charge is 2.18. The first-order valence-corrected chi connectivity index (χ1v) is 8.41. The molecule has 0 radical (unpaired) electrons. The van der Waals surface area contributed by atoms with Crippen LogP contribution in [-0.4, -0.2) is 51.7 Å². The third kappa shape index (κ3) is 5.13. The average molecular weight is 318 g/mol. The van der Waals surface area contributed by atoms with Crippen molar-refractivity contribution in [3.63, 3.8) is 0 Å². The molecule has 0 spiro atoms. The second-order valence-corrected chi connectivity index (χ2v) is 6.33. The van der Waals surface area contributed by atoms with Crippen molar-refractivity contribution in [3.8, 4) is 5.75 Å². The fraction of sp³-hybridized carbons (Fsp3) is 0.611. The van der Waals surface area contributed by atoms with Crippen LogP contribution in [0.1, 0.15) is 37.3 Å². The van der Waals surface area contributed by atoms with Crippen molar-refractivity contribution in [3.05, 3.63) is 29.8 Å². The number of hydrogen-bond acceptors (Lipinski definition) is 3. The summed E-state index contributed by atoms with van der Waals surface area (Å²) < 4.78 is 5.24. The van der Waals surface area contributed by atoms with Crippen molar-refractivity contribution in [1.29, 1.82) is 0 Å². The number of benzene rings is 1. The molecular weight excluding hydrogens is 288 g/mol. The summed E-state index contributed by atoms with van der Waals surface area (Å²) in [4.78, 5) is 6.58. The first-order valence-electron chi connectivity index (χ1n) is 8.41. The van der Waals surface area contributed by atoms with Crippen LogP contribution < -0.4 is 15.4 Å². The summed E-state index contributed by atoms with van der Waals surface area (Å²) in [5.41, 5.74) is 1.26. The summed E-state index contributed by atoms with van der Waals surface area (Å²) in [5.74, 6) is 1.79. The molecule has 5 nitrogen and oxygen atoms in total. The van der Waals surface area contributed by atoms with Crippen LogP contribution in [0.4, 0.5) is 0 Å². The monoisotopic (exact) mass is 318 g/mol. The van der Waals surface area contributed by atoms with Gasteiger partial charge in [-0.1, -0.05) is 25.0 Å². The van der Waals surface area contributed by atoms with E-state index in [-0.39, 0.29) is 6.04 Å². The lowest BCUT2D eigenvalue weighted by Crippen LogP contribution is -2.45. The SMILES string of the molecule is CN=C(NCC(c1ccc(OC)cc1)N(C)C)NC1CCCC1. The number of likely N-dealkylation sites (N-methyl/N-ethyl adjacent to an activating group) is 1. The number of hydrogen-bond donors (Lipinski definition) is 2. The van der Waals surface area contributed by atoms with Crippen LogP contribution in [0.15, 0.2) is 29.3 Å². The Balaban J connectivity index is 1.95. The molecule has 1 aromatic rings. The standard InChI is InChI=1S/C18H30N4O/c1-19-18(21-15-7-5-6-8-15)20-13-17(22(2)3)14-9-11-16(23-4)12-10-14/h9-12,15,17H,5-8,13H2,1-4H3,(H2,19,20,21). The van der Waals surface area contributed by atoms with Crippen molar-refractivity contribution in [1.82, 2.24) is 15.5 Å². The third-order valence-corrected chi connectivity index (χ3v) is 4.51. The topological polar surface area (TPSA) is 48.9 Å². The van der Waals surface area contributed by atoms with Crippen molar-refractivity contribution in [2.24, 2.45) is 4.99 Å². The minimum absolute atomic E-state index is 0.281. The molecule has 2 N–H and O–H groups in total. The number of guanidine groups is 1. The highest BCUT2D eigenvalue weighted by molar-refractivity contribution is 5.80. The lowest BCUT2D eigenvalue weighted by molar-refractivity contribution is 0.297. The van der Waals surface area contributed by atoms with Gasteiger partial charge in [0.2, 0.25) is 0 Å². The summed E-state index contributed by atoms with van der Waals surface area (Å²) in [5, 5.41) is 7.00. The number of nitrogens with one attached hydrogen (secondary N) is 2. The minimum Gasteiger partial charge on any atom is -0.497 e. The molecule has 1 aromatic carbocycles. The van der Waals surface area contributed by atoms with E-state index in [4.69, 9.17) is 4.74 Å². The molecule has 0 aromatic heterocycles. The molecule has 23 heavy (non-hydrogen) atoms. The van der Waals surface area contributed by atoms with Gasteiger partial charge in [0.15, 0.2) is 5.96 Å². The first-order chi connectivity index (χ1) is 11.1. The third-order valence-electron chi connectivity index (χ3n) is 4.51. The van der Waals surface area contributed by atoms with Gasteiger partial charge < -0.3 is 20.3 Å². The Morgan fingerprint density at radius 3 is 2.43 bits per heavy atom. The summed E-state index contributed by atoms with van der Waals surface area (Å²) >= 11 is 0. The van der Waals surface area contributed by atoms with Crippen molar-refractivity contribution in [2.45, 2.75) is 37.8 Å². The molecule has 2 rings (SSSR count). The maximum absolute atomic E-state index is 5.24. The zero-order chi connectivity index (χ0) is 16.7. The normalized spacial score (nSPS) is 17.3. The lowest BCUT2D eigenvalue weighted by Gasteiger charge is -2.27. The van der Waals surface area contributed by atoms with E-state index in [2.05, 4.69) is 46.8 Å². The molecule has 0 aliphatic heterocycles. The fourth-order valence-electron chi connectivity index (χ4n) is 3.08. The number of ether oxygens (including phenoxy) is 1. The van der Waals surface area contributed by atoms with Crippen LogP contribution in [0.25, 0.3) is 0 Å². The van der Waals surface area contributed by atoms with Crippen LogP contribution >= 0.6 is 0 Å². The van der Waals surface area contributed by atoms with Gasteiger partial charge in [0.25, 0.3) is 0 Å². The maximum atomic E-state index is 5.24. The summed E-state index contributed by atoms with van der Waals surface area (Å²) in [7, 11) is 7.73. The first kappa shape index (κ1) is 17.6. The van der Waals surface area contributed by atoms with Gasteiger partial charge in [-0.05, 0) is 44.6 Å². The van der Waals surface area contributed by atoms with Gasteiger partial charge in [-0.25, -0.2) is 0 Å². The quantitative estimate of drug-likeness (QED) is 0.625. The highest BCUT2D eigenvalue weighted by atomic mass is 16.5. The van der Waals surface area contributed by atoms with E-state index in [9.17, 15) is 0 Å². The predicted molar refractivity (Wildman–Crippen MR) is 96.2 cm³/mol. The second-order valence-electron chi connectivity index (χ2n) is 6.33. The van der Waals surface area contributed by atoms with Crippen LogP contribution in [0, 0.1) is 0 Å². The van der Waals surface area contributed by atoms with Gasteiger partial charge in [-0.3, -0.25) is 4.99 Å². The zero-order valence-electron chi connectivity index (χ0n) is 14.8. The van der Waals surface area contributed by atoms with Gasteiger partial charge in [-0.2, -0.15) is 0 Å². The Morgan fingerprint density at radius 2 is 1.91 bits per heavy atom. The van der Waals surface area contributed by atoms with E-state index < -0.39 is 0 Å². The summed E-state index contributed by atoms with van der Waals surface area (Å²) in [6, 6.07) is 9.12. The van der Waals surface area contributed by atoms with E-state index in [1.165, 1.54) is 31.2 Å². The van der Waals surface area contributed by atoms with Gasteiger partial charge >= 0.3 is 0 Å². The molecule has 1 aliphatic carbocycles. The Labute approximate surface area is 140 Å². The lowest BCUT2D eigenvalue weighted by atomic mass is 10.1. The largest absolute Gasteiger partial charge is 0.497 e. The molecule has 1 fully saturated rings. The maximum Gasteiger partial charge on any atom is 0.191 e. The Hall–Kier alpha value is -1.75. The zero-order valence-corrected chi connectivity index (χ0v) is 14.8. The van der Waals surface area contributed by atoms with Crippen molar-refractivity contribution >= 4 is 5.96 Å². The van der Waals surface area contributed by atoms with E-state index in [0.717, 1.165) is 18.3 Å². The molecule has 1 saturated carbocycles. The molecule has 5 heteroatoms. The minimum atomic E-state index is 0.281. The molecule has 0 bridgehead atoms. The molecule has 0 amide bonds. The number of methoxy groups -OCH3 is 1. The van der Waals surface area contributed by atoms with Crippen LogP contribution in [-0.2, 0) is 0 Å². The molecule has 1 atom stereocenters. The van der Waals surface area contributed by atoms with E-state index in [1.54, 1.807) is 7.11 Å².